The number of benzene rings is 2. The van der Waals surface area contributed by atoms with Gasteiger partial charge in [0.2, 0.25) is 0 Å². The topological polar surface area (TPSA) is 72.9 Å². The fourth-order valence-electron chi connectivity index (χ4n) is 3.10. The van der Waals surface area contributed by atoms with Crippen LogP contribution in [0, 0.1) is 0 Å². The van der Waals surface area contributed by atoms with Gasteiger partial charge in [-0.2, -0.15) is 8.42 Å². The van der Waals surface area contributed by atoms with E-state index in [2.05, 4.69) is 0 Å². The van der Waals surface area contributed by atoms with Gasteiger partial charge in [-0.15, -0.1) is 11.3 Å². The number of hydrogen-bond donors (Lipinski definition) is 0. The zero-order valence-electron chi connectivity index (χ0n) is 16.4. The molecule has 1 heterocycles. The van der Waals surface area contributed by atoms with E-state index in [0.717, 1.165) is 18.4 Å². The summed E-state index contributed by atoms with van der Waals surface area (Å²) in [6, 6.07) is 16.8. The molecule has 156 valence electrons. The minimum Gasteiger partial charge on any atom is -0.497 e. The van der Waals surface area contributed by atoms with Crippen molar-refractivity contribution < 1.29 is 22.1 Å². The Morgan fingerprint density at radius 3 is 2.47 bits per heavy atom. The van der Waals surface area contributed by atoms with Gasteiger partial charge in [-0.1, -0.05) is 18.2 Å². The first-order valence-electron chi connectivity index (χ1n) is 9.48. The summed E-state index contributed by atoms with van der Waals surface area (Å²) in [7, 11) is -2.46. The van der Waals surface area contributed by atoms with E-state index in [1.165, 1.54) is 30.6 Å². The van der Waals surface area contributed by atoms with Crippen LogP contribution in [0.1, 0.15) is 28.1 Å². The Morgan fingerprint density at radius 1 is 1.07 bits per heavy atom. The minimum absolute atomic E-state index is 0.00433. The molecule has 1 fully saturated rings. The van der Waals surface area contributed by atoms with E-state index in [-0.39, 0.29) is 22.6 Å². The summed E-state index contributed by atoms with van der Waals surface area (Å²) in [6.45, 7) is 0.404. The molecule has 2 aromatic carbocycles. The number of hydrogen-bond acceptors (Lipinski definition) is 6. The molecule has 1 aliphatic rings. The van der Waals surface area contributed by atoms with E-state index < -0.39 is 10.1 Å². The van der Waals surface area contributed by atoms with Crippen LogP contribution in [0.15, 0.2) is 70.9 Å². The predicted molar refractivity (Wildman–Crippen MR) is 114 cm³/mol. The molecule has 0 N–H and O–H groups in total. The van der Waals surface area contributed by atoms with E-state index >= 15 is 0 Å². The molecule has 0 atom stereocenters. The highest BCUT2D eigenvalue weighted by Crippen LogP contribution is 2.31. The average molecular weight is 444 g/mol. The lowest BCUT2D eigenvalue weighted by Gasteiger charge is -2.22. The molecule has 0 radical (unpaired) electrons. The SMILES string of the molecule is COc1ccc(S(=O)(=O)Oc2cccc(CN(C(=O)c3cccs3)C3CC3)c2)cc1. The van der Waals surface area contributed by atoms with E-state index in [0.29, 0.717) is 17.2 Å². The number of methoxy groups -OCH3 is 1. The van der Waals surface area contributed by atoms with Crippen LogP contribution in [0.3, 0.4) is 0 Å². The van der Waals surface area contributed by atoms with Crippen LogP contribution >= 0.6 is 11.3 Å². The summed E-state index contributed by atoms with van der Waals surface area (Å²) < 4.78 is 35.6. The van der Waals surface area contributed by atoms with E-state index in [1.807, 2.05) is 28.5 Å². The number of carbonyl (C=O) groups excluding carboxylic acids is 1. The predicted octanol–water partition coefficient (Wildman–Crippen LogP) is 4.33. The van der Waals surface area contributed by atoms with Gasteiger partial charge in [0.25, 0.3) is 5.91 Å². The molecule has 0 spiro atoms. The van der Waals surface area contributed by atoms with Crippen LogP contribution in [0.4, 0.5) is 0 Å². The summed E-state index contributed by atoms with van der Waals surface area (Å²) in [6.07, 6.45) is 1.97. The molecule has 1 saturated carbocycles. The Morgan fingerprint density at radius 2 is 1.83 bits per heavy atom. The van der Waals surface area contributed by atoms with Gasteiger partial charge in [-0.3, -0.25) is 4.79 Å². The lowest BCUT2D eigenvalue weighted by atomic mass is 10.2. The molecule has 0 aliphatic heterocycles. The van der Waals surface area contributed by atoms with Crippen molar-refractivity contribution in [3.63, 3.8) is 0 Å². The molecule has 30 heavy (non-hydrogen) atoms. The first-order chi connectivity index (χ1) is 14.5. The molecule has 1 aromatic heterocycles. The second-order valence-electron chi connectivity index (χ2n) is 7.00. The molecule has 0 bridgehead atoms. The highest BCUT2D eigenvalue weighted by molar-refractivity contribution is 7.87. The van der Waals surface area contributed by atoms with Crippen molar-refractivity contribution in [2.75, 3.05) is 7.11 Å². The zero-order chi connectivity index (χ0) is 21.1. The van der Waals surface area contributed by atoms with Crippen LogP contribution in [0.2, 0.25) is 0 Å². The number of rotatable bonds is 8. The minimum atomic E-state index is -3.97. The molecule has 3 aromatic rings. The van der Waals surface area contributed by atoms with Crippen molar-refractivity contribution in [2.45, 2.75) is 30.3 Å². The average Bonchev–Trinajstić information content (AvgIpc) is 3.44. The Kier molecular flexibility index (Phi) is 5.78. The summed E-state index contributed by atoms with van der Waals surface area (Å²) in [5.41, 5.74) is 0.814. The Hall–Kier alpha value is -2.84. The smallest absolute Gasteiger partial charge is 0.339 e. The van der Waals surface area contributed by atoms with Gasteiger partial charge in [0.05, 0.1) is 12.0 Å². The fourth-order valence-corrected chi connectivity index (χ4v) is 4.71. The van der Waals surface area contributed by atoms with Gasteiger partial charge in [-0.05, 0) is 66.2 Å². The van der Waals surface area contributed by atoms with Crippen LogP contribution in [0.5, 0.6) is 11.5 Å². The monoisotopic (exact) mass is 443 g/mol. The maximum atomic E-state index is 12.8. The molecule has 8 heteroatoms. The second kappa shape index (κ2) is 8.49. The van der Waals surface area contributed by atoms with Crippen molar-refractivity contribution >= 4 is 27.4 Å². The van der Waals surface area contributed by atoms with E-state index in [4.69, 9.17) is 8.92 Å². The van der Waals surface area contributed by atoms with Crippen molar-refractivity contribution in [1.29, 1.82) is 0 Å². The summed E-state index contributed by atoms with van der Waals surface area (Å²) in [5, 5.41) is 1.89. The lowest BCUT2D eigenvalue weighted by molar-refractivity contribution is 0.0734. The molecule has 0 unspecified atom stereocenters. The number of carbonyl (C=O) groups is 1. The quantitative estimate of drug-likeness (QED) is 0.485. The third-order valence-corrected chi connectivity index (χ3v) is 6.91. The molecular formula is C22H21NO5S2. The maximum absolute atomic E-state index is 12.8. The lowest BCUT2D eigenvalue weighted by Crippen LogP contribution is -2.32. The number of ether oxygens (including phenoxy) is 1. The third-order valence-electron chi connectivity index (χ3n) is 4.79. The molecule has 6 nitrogen and oxygen atoms in total. The highest BCUT2D eigenvalue weighted by atomic mass is 32.2. The van der Waals surface area contributed by atoms with Crippen molar-refractivity contribution in [3.05, 3.63) is 76.5 Å². The van der Waals surface area contributed by atoms with Crippen LogP contribution in [0.25, 0.3) is 0 Å². The van der Waals surface area contributed by atoms with Crippen molar-refractivity contribution in [1.82, 2.24) is 4.90 Å². The number of amides is 1. The Labute approximate surface area is 179 Å². The first-order valence-corrected chi connectivity index (χ1v) is 11.8. The summed E-state index contributed by atoms with van der Waals surface area (Å²) in [5.74, 6) is 0.777. The molecule has 1 amide bonds. The van der Waals surface area contributed by atoms with E-state index in [9.17, 15) is 13.2 Å². The third kappa shape index (κ3) is 4.66. The van der Waals surface area contributed by atoms with E-state index in [1.54, 1.807) is 30.3 Å². The first kappa shape index (κ1) is 20.4. The van der Waals surface area contributed by atoms with Crippen molar-refractivity contribution in [3.8, 4) is 11.5 Å². The van der Waals surface area contributed by atoms with Crippen LogP contribution < -0.4 is 8.92 Å². The van der Waals surface area contributed by atoms with Crippen LogP contribution in [-0.4, -0.2) is 32.4 Å². The molecule has 1 aliphatic carbocycles. The van der Waals surface area contributed by atoms with Gasteiger partial charge < -0.3 is 13.8 Å². The van der Waals surface area contributed by atoms with Gasteiger partial charge in [0, 0.05) is 12.6 Å². The van der Waals surface area contributed by atoms with Crippen LogP contribution in [-0.2, 0) is 16.7 Å². The zero-order valence-corrected chi connectivity index (χ0v) is 18.0. The maximum Gasteiger partial charge on any atom is 0.339 e. The normalized spacial score (nSPS) is 13.6. The summed E-state index contributed by atoms with van der Waals surface area (Å²) >= 11 is 1.42. The number of nitrogens with zero attached hydrogens (tertiary/aromatic N) is 1. The van der Waals surface area contributed by atoms with Crippen molar-refractivity contribution in [2.24, 2.45) is 0 Å². The van der Waals surface area contributed by atoms with Gasteiger partial charge in [-0.25, -0.2) is 0 Å². The second-order valence-corrected chi connectivity index (χ2v) is 9.50. The fraction of sp³-hybridized carbons (Fsp3) is 0.227. The van der Waals surface area contributed by atoms with Gasteiger partial charge in [0.15, 0.2) is 0 Å². The molecular weight excluding hydrogens is 422 g/mol. The Balaban J connectivity index is 1.51. The van der Waals surface area contributed by atoms with Gasteiger partial charge in [0.1, 0.15) is 16.4 Å². The van der Waals surface area contributed by atoms with Gasteiger partial charge >= 0.3 is 10.1 Å². The highest BCUT2D eigenvalue weighted by Gasteiger charge is 2.33. The summed E-state index contributed by atoms with van der Waals surface area (Å²) in [4.78, 5) is 15.4. The largest absolute Gasteiger partial charge is 0.497 e. The Bertz CT molecular complexity index is 1120. The number of thiophene rings is 1. The standard InChI is InChI=1S/C22H21NO5S2/c1-27-18-9-11-20(12-10-18)30(25,26)28-19-5-2-4-16(14-19)15-23(17-7-8-17)22(24)21-6-3-13-29-21/h2-6,9-14,17H,7-8,15H2,1H3. The molecule has 4 rings (SSSR count). The molecule has 0 saturated heterocycles.